The van der Waals surface area contributed by atoms with Crippen LogP contribution >= 0.6 is 0 Å². The van der Waals surface area contributed by atoms with Gasteiger partial charge in [-0.25, -0.2) is 18.2 Å². The molecule has 0 spiro atoms. The molecule has 0 aliphatic rings. The van der Waals surface area contributed by atoms with Gasteiger partial charge in [0.25, 0.3) is 5.69 Å². The lowest BCUT2D eigenvalue weighted by molar-refractivity contribution is -0.385. The molecule has 0 saturated heterocycles. The molecule has 0 N–H and O–H groups in total. The van der Waals surface area contributed by atoms with Crippen molar-refractivity contribution in [3.8, 4) is 28.4 Å². The quantitative estimate of drug-likeness (QED) is 0.0911. The van der Waals surface area contributed by atoms with Gasteiger partial charge in [0.1, 0.15) is 29.7 Å². The highest BCUT2D eigenvalue weighted by Crippen LogP contribution is 2.41. The van der Waals surface area contributed by atoms with Gasteiger partial charge in [0, 0.05) is 44.3 Å². The molecule has 4 aromatic rings. The Morgan fingerprint density at radius 2 is 1.74 bits per heavy atom. The Balaban J connectivity index is 1.82. The minimum absolute atomic E-state index is 0.0206. The van der Waals surface area contributed by atoms with Crippen LogP contribution in [-0.2, 0) is 11.5 Å². The maximum Gasteiger partial charge on any atom is 0.275 e. The van der Waals surface area contributed by atoms with Crippen molar-refractivity contribution >= 4 is 24.8 Å². The number of fused-ring (bicyclic) bond motifs is 1. The first-order chi connectivity index (χ1) is 18.0. The van der Waals surface area contributed by atoms with Crippen LogP contribution in [0.15, 0.2) is 48.8 Å². The molecule has 200 valence electrons. The van der Waals surface area contributed by atoms with Crippen molar-refractivity contribution in [2.45, 2.75) is 32.4 Å². The monoisotopic (exact) mass is 545 g/mol. The summed E-state index contributed by atoms with van der Waals surface area (Å²) >= 11 is 0. The van der Waals surface area contributed by atoms with E-state index in [0.717, 1.165) is 6.04 Å². The van der Waals surface area contributed by atoms with E-state index in [1.165, 1.54) is 31.5 Å². The van der Waals surface area contributed by atoms with Gasteiger partial charge in [-0.2, -0.15) is 0 Å². The molecule has 38 heavy (non-hydrogen) atoms. The SMILES string of the molecule is COc1ccc(-c2cn(COCC[Si](C)(C)C)c3nccc(Oc4c(F)cc([N+](=O)[O-])cc4F)c23)c(F)c1. The van der Waals surface area contributed by atoms with Gasteiger partial charge < -0.3 is 18.8 Å². The summed E-state index contributed by atoms with van der Waals surface area (Å²) in [5, 5.41) is 11.2. The third-order valence-electron chi connectivity index (χ3n) is 5.82. The second-order valence-corrected chi connectivity index (χ2v) is 15.4. The molecule has 0 radical (unpaired) electrons. The second-order valence-electron chi connectivity index (χ2n) is 9.81. The van der Waals surface area contributed by atoms with Gasteiger partial charge in [0.15, 0.2) is 17.4 Å². The third-order valence-corrected chi connectivity index (χ3v) is 7.52. The molecule has 2 aromatic carbocycles. The molecule has 2 aromatic heterocycles. The first-order valence-electron chi connectivity index (χ1n) is 11.7. The minimum Gasteiger partial charge on any atom is -0.497 e. The van der Waals surface area contributed by atoms with Crippen LogP contribution < -0.4 is 9.47 Å². The molecule has 0 unspecified atom stereocenters. The summed E-state index contributed by atoms with van der Waals surface area (Å²) in [5.74, 6) is -3.64. The predicted octanol–water partition coefficient (Wildman–Crippen LogP) is 7.14. The molecule has 0 saturated carbocycles. The van der Waals surface area contributed by atoms with E-state index >= 15 is 4.39 Å². The fraction of sp³-hybridized carbons (Fsp3) is 0.269. The zero-order valence-electron chi connectivity index (χ0n) is 21.3. The molecule has 2 heterocycles. The Kier molecular flexibility index (Phi) is 7.74. The minimum atomic E-state index is -1.33. The number of hydrogen-bond acceptors (Lipinski definition) is 6. The van der Waals surface area contributed by atoms with E-state index in [1.54, 1.807) is 16.8 Å². The summed E-state index contributed by atoms with van der Waals surface area (Å²) in [6, 6.07) is 7.77. The van der Waals surface area contributed by atoms with E-state index < -0.39 is 41.9 Å². The van der Waals surface area contributed by atoms with E-state index in [1.807, 2.05) is 0 Å². The van der Waals surface area contributed by atoms with Crippen LogP contribution in [0, 0.1) is 27.6 Å². The summed E-state index contributed by atoms with van der Waals surface area (Å²) in [6.07, 6.45) is 3.01. The van der Waals surface area contributed by atoms with Crippen LogP contribution in [0.4, 0.5) is 18.9 Å². The first-order valence-corrected chi connectivity index (χ1v) is 15.4. The first kappa shape index (κ1) is 27.1. The Morgan fingerprint density at radius 3 is 2.34 bits per heavy atom. The largest absolute Gasteiger partial charge is 0.497 e. The van der Waals surface area contributed by atoms with Crippen molar-refractivity contribution < 1.29 is 32.3 Å². The van der Waals surface area contributed by atoms with E-state index in [2.05, 4.69) is 24.6 Å². The highest BCUT2D eigenvalue weighted by Gasteiger charge is 2.23. The van der Waals surface area contributed by atoms with Gasteiger partial charge in [-0.1, -0.05) is 19.6 Å². The summed E-state index contributed by atoms with van der Waals surface area (Å²) < 4.78 is 62.7. The number of nitrogens with zero attached hydrogens (tertiary/aromatic N) is 3. The molecule has 8 nitrogen and oxygen atoms in total. The number of aromatic nitrogens is 2. The van der Waals surface area contributed by atoms with Crippen molar-refractivity contribution in [1.29, 1.82) is 0 Å². The average Bonchev–Trinajstić information content (AvgIpc) is 3.22. The third kappa shape index (κ3) is 5.81. The number of ether oxygens (including phenoxy) is 3. The zero-order chi connectivity index (χ0) is 27.6. The van der Waals surface area contributed by atoms with Gasteiger partial charge in [-0.3, -0.25) is 10.1 Å². The lowest BCUT2D eigenvalue weighted by Crippen LogP contribution is -2.22. The zero-order valence-corrected chi connectivity index (χ0v) is 22.3. The number of nitro groups is 1. The summed E-state index contributed by atoms with van der Waals surface area (Å²) in [5.41, 5.74) is 0.109. The van der Waals surface area contributed by atoms with Gasteiger partial charge in [0.05, 0.1) is 29.6 Å². The Morgan fingerprint density at radius 1 is 1.03 bits per heavy atom. The molecule has 4 rings (SSSR count). The molecule has 12 heteroatoms. The number of halogens is 3. The summed E-state index contributed by atoms with van der Waals surface area (Å²) in [7, 11) is 0.0861. The number of non-ortho nitro benzene ring substituents is 1. The van der Waals surface area contributed by atoms with Crippen LogP contribution in [0.2, 0.25) is 25.7 Å². The van der Waals surface area contributed by atoms with Crippen LogP contribution in [0.1, 0.15) is 0 Å². The average molecular weight is 546 g/mol. The number of pyridine rings is 1. The van der Waals surface area contributed by atoms with Crippen molar-refractivity contribution in [1.82, 2.24) is 9.55 Å². The normalized spacial score (nSPS) is 11.7. The van der Waals surface area contributed by atoms with Crippen LogP contribution in [0.25, 0.3) is 22.2 Å². The molecule has 0 bridgehead atoms. The number of benzene rings is 2. The van der Waals surface area contributed by atoms with Gasteiger partial charge in [-0.15, -0.1) is 0 Å². The van der Waals surface area contributed by atoms with E-state index in [4.69, 9.17) is 14.2 Å². The maximum atomic E-state index is 15.1. The summed E-state index contributed by atoms with van der Waals surface area (Å²) in [4.78, 5) is 14.4. The molecular formula is C26H26F3N3O5Si. The van der Waals surface area contributed by atoms with Crippen molar-refractivity contribution in [2.75, 3.05) is 13.7 Å². The Hall–Kier alpha value is -3.90. The van der Waals surface area contributed by atoms with Crippen molar-refractivity contribution in [2.24, 2.45) is 0 Å². The topological polar surface area (TPSA) is 88.7 Å². The van der Waals surface area contributed by atoms with Crippen LogP contribution in [-0.4, -0.2) is 36.3 Å². The fourth-order valence-electron chi connectivity index (χ4n) is 3.82. The molecular weight excluding hydrogens is 519 g/mol. The smallest absolute Gasteiger partial charge is 0.275 e. The number of rotatable bonds is 10. The maximum absolute atomic E-state index is 15.1. The molecule has 0 atom stereocenters. The lowest BCUT2D eigenvalue weighted by atomic mass is 10.0. The van der Waals surface area contributed by atoms with Crippen LogP contribution in [0.3, 0.4) is 0 Å². The lowest BCUT2D eigenvalue weighted by Gasteiger charge is -2.15. The predicted molar refractivity (Wildman–Crippen MR) is 139 cm³/mol. The van der Waals surface area contributed by atoms with Gasteiger partial charge in [0.2, 0.25) is 0 Å². The number of methoxy groups -OCH3 is 1. The fourth-order valence-corrected chi connectivity index (χ4v) is 4.57. The van der Waals surface area contributed by atoms with E-state index in [0.29, 0.717) is 35.7 Å². The Bertz CT molecular complexity index is 1480. The number of hydrogen-bond donors (Lipinski definition) is 0. The molecule has 0 aliphatic heterocycles. The van der Waals surface area contributed by atoms with Crippen LogP contribution in [0.5, 0.6) is 17.2 Å². The standard InChI is InChI=1S/C26H26F3N3O5Si/c1-35-17-5-6-18(20(27)13-17)19-14-31(15-36-9-10-38(2,3)4)26-24(19)23(7-8-30-26)37-25-21(28)11-16(32(33)34)12-22(25)29/h5-8,11-14H,9-10,15H2,1-4H3. The van der Waals surface area contributed by atoms with E-state index in [9.17, 15) is 18.9 Å². The Labute approximate surface area is 217 Å². The van der Waals surface area contributed by atoms with Gasteiger partial charge >= 0.3 is 0 Å². The van der Waals surface area contributed by atoms with Crippen molar-refractivity contribution in [3.63, 3.8) is 0 Å². The number of nitro benzene ring substituents is 1. The summed E-state index contributed by atoms with van der Waals surface area (Å²) in [6.45, 7) is 7.32. The second kappa shape index (κ2) is 10.8. The molecule has 0 amide bonds. The van der Waals surface area contributed by atoms with E-state index in [-0.39, 0.29) is 23.4 Å². The molecule has 0 fully saturated rings. The van der Waals surface area contributed by atoms with Gasteiger partial charge in [-0.05, 0) is 24.2 Å². The highest BCUT2D eigenvalue weighted by molar-refractivity contribution is 6.76. The molecule has 0 aliphatic carbocycles. The van der Waals surface area contributed by atoms with Crippen molar-refractivity contribution in [3.05, 3.63) is 76.4 Å². The highest BCUT2D eigenvalue weighted by atomic mass is 28.3.